The van der Waals surface area contributed by atoms with Crippen LogP contribution in [-0.2, 0) is 4.79 Å². The first-order valence-electron chi connectivity index (χ1n) is 6.32. The summed E-state index contributed by atoms with van der Waals surface area (Å²) in [5, 5.41) is 3.19. The molecule has 2 aliphatic rings. The lowest BCUT2D eigenvalue weighted by molar-refractivity contribution is -0.127. The maximum atomic E-state index is 12.0. The SMILES string of the molecule is CN1CCC(C(=O)NC2CCN(C)C2)CC1. The molecule has 2 heterocycles. The zero-order chi connectivity index (χ0) is 11.5. The predicted molar refractivity (Wildman–Crippen MR) is 64.3 cm³/mol. The third kappa shape index (κ3) is 2.95. The number of nitrogens with one attached hydrogen (secondary N) is 1. The molecular weight excluding hydrogens is 202 g/mol. The van der Waals surface area contributed by atoms with Crippen LogP contribution in [0.3, 0.4) is 0 Å². The zero-order valence-electron chi connectivity index (χ0n) is 10.4. The molecule has 1 atom stereocenters. The van der Waals surface area contributed by atoms with E-state index in [-0.39, 0.29) is 11.8 Å². The minimum Gasteiger partial charge on any atom is -0.352 e. The number of amides is 1. The highest BCUT2D eigenvalue weighted by atomic mass is 16.2. The van der Waals surface area contributed by atoms with Gasteiger partial charge in [-0.05, 0) is 53.0 Å². The summed E-state index contributed by atoms with van der Waals surface area (Å²) in [6, 6.07) is 0.386. The second-order valence-corrected chi connectivity index (χ2v) is 5.33. The maximum absolute atomic E-state index is 12.0. The summed E-state index contributed by atoms with van der Waals surface area (Å²) < 4.78 is 0. The number of carbonyl (C=O) groups excluding carboxylic acids is 1. The first-order chi connectivity index (χ1) is 7.65. The fraction of sp³-hybridized carbons (Fsp3) is 0.917. The summed E-state index contributed by atoms with van der Waals surface area (Å²) >= 11 is 0. The molecule has 4 heteroatoms. The number of likely N-dealkylation sites (tertiary alicyclic amines) is 2. The van der Waals surface area contributed by atoms with E-state index < -0.39 is 0 Å². The molecule has 2 saturated heterocycles. The van der Waals surface area contributed by atoms with Crippen molar-refractivity contribution in [3.8, 4) is 0 Å². The van der Waals surface area contributed by atoms with Crippen LogP contribution >= 0.6 is 0 Å². The molecule has 0 aromatic rings. The molecule has 0 spiro atoms. The summed E-state index contributed by atoms with van der Waals surface area (Å²) in [5.74, 6) is 0.538. The Bertz CT molecular complexity index is 249. The van der Waals surface area contributed by atoms with Crippen molar-refractivity contribution in [2.45, 2.75) is 25.3 Å². The first-order valence-corrected chi connectivity index (χ1v) is 6.32. The molecule has 1 unspecified atom stereocenters. The second kappa shape index (κ2) is 5.15. The van der Waals surface area contributed by atoms with Crippen LogP contribution in [0.2, 0.25) is 0 Å². The van der Waals surface area contributed by atoms with E-state index in [4.69, 9.17) is 0 Å². The van der Waals surface area contributed by atoms with E-state index in [9.17, 15) is 4.79 Å². The van der Waals surface area contributed by atoms with Gasteiger partial charge < -0.3 is 15.1 Å². The van der Waals surface area contributed by atoms with Crippen molar-refractivity contribution in [2.24, 2.45) is 5.92 Å². The van der Waals surface area contributed by atoms with Crippen LogP contribution in [0.5, 0.6) is 0 Å². The Morgan fingerprint density at radius 3 is 2.25 bits per heavy atom. The van der Waals surface area contributed by atoms with E-state index in [0.717, 1.165) is 45.4 Å². The third-order valence-electron chi connectivity index (χ3n) is 3.83. The lowest BCUT2D eigenvalue weighted by atomic mass is 9.96. The Morgan fingerprint density at radius 1 is 1.06 bits per heavy atom. The predicted octanol–water partition coefficient (Wildman–Crippen LogP) is 0.149. The third-order valence-corrected chi connectivity index (χ3v) is 3.83. The topological polar surface area (TPSA) is 35.6 Å². The Morgan fingerprint density at radius 2 is 1.69 bits per heavy atom. The molecule has 0 bridgehead atoms. The number of likely N-dealkylation sites (N-methyl/N-ethyl adjacent to an activating group) is 1. The second-order valence-electron chi connectivity index (χ2n) is 5.33. The summed E-state index contributed by atoms with van der Waals surface area (Å²) in [4.78, 5) is 16.6. The zero-order valence-corrected chi connectivity index (χ0v) is 10.4. The molecular formula is C12H23N3O. The van der Waals surface area contributed by atoms with Crippen molar-refractivity contribution in [2.75, 3.05) is 40.3 Å². The quantitative estimate of drug-likeness (QED) is 0.726. The van der Waals surface area contributed by atoms with Crippen LogP contribution in [-0.4, -0.2) is 62.0 Å². The number of hydrogen-bond acceptors (Lipinski definition) is 3. The Kier molecular flexibility index (Phi) is 3.82. The highest BCUT2D eigenvalue weighted by Gasteiger charge is 2.27. The molecule has 0 saturated carbocycles. The largest absolute Gasteiger partial charge is 0.352 e. The minimum absolute atomic E-state index is 0.252. The number of hydrogen-bond donors (Lipinski definition) is 1. The van der Waals surface area contributed by atoms with Gasteiger partial charge in [0.05, 0.1) is 0 Å². The number of piperidine rings is 1. The summed E-state index contributed by atoms with van der Waals surface area (Å²) in [7, 11) is 4.24. The summed E-state index contributed by atoms with van der Waals surface area (Å²) in [6.45, 7) is 4.24. The van der Waals surface area contributed by atoms with Gasteiger partial charge in [-0.3, -0.25) is 4.79 Å². The van der Waals surface area contributed by atoms with Gasteiger partial charge in [-0.25, -0.2) is 0 Å². The van der Waals surface area contributed by atoms with Crippen molar-refractivity contribution in [3.63, 3.8) is 0 Å². The van der Waals surface area contributed by atoms with E-state index in [0.29, 0.717) is 6.04 Å². The molecule has 1 amide bonds. The van der Waals surface area contributed by atoms with Crippen LogP contribution in [0.1, 0.15) is 19.3 Å². The molecule has 4 nitrogen and oxygen atoms in total. The number of rotatable bonds is 2. The lowest BCUT2D eigenvalue weighted by Crippen LogP contribution is -2.43. The molecule has 0 aromatic carbocycles. The normalized spacial score (nSPS) is 29.5. The number of carbonyl (C=O) groups is 1. The molecule has 0 radical (unpaired) electrons. The van der Waals surface area contributed by atoms with Gasteiger partial charge in [-0.15, -0.1) is 0 Å². The van der Waals surface area contributed by atoms with Gasteiger partial charge in [-0.2, -0.15) is 0 Å². The van der Waals surface area contributed by atoms with Crippen molar-refractivity contribution in [1.29, 1.82) is 0 Å². The number of nitrogens with zero attached hydrogens (tertiary/aromatic N) is 2. The van der Waals surface area contributed by atoms with Crippen LogP contribution in [0.4, 0.5) is 0 Å². The summed E-state index contributed by atoms with van der Waals surface area (Å²) in [6.07, 6.45) is 3.14. The highest BCUT2D eigenvalue weighted by Crippen LogP contribution is 2.17. The Balaban J connectivity index is 1.75. The standard InChI is InChI=1S/C12H23N3O/c1-14-6-3-10(4-7-14)12(16)13-11-5-8-15(2)9-11/h10-11H,3-9H2,1-2H3,(H,13,16). The van der Waals surface area contributed by atoms with Crippen LogP contribution < -0.4 is 5.32 Å². The van der Waals surface area contributed by atoms with Crippen LogP contribution in [0.15, 0.2) is 0 Å². The van der Waals surface area contributed by atoms with Gasteiger partial charge in [0.25, 0.3) is 0 Å². The molecule has 0 aliphatic carbocycles. The van der Waals surface area contributed by atoms with E-state index in [1.165, 1.54) is 0 Å². The van der Waals surface area contributed by atoms with Gasteiger partial charge in [0.15, 0.2) is 0 Å². The average Bonchev–Trinajstić information content (AvgIpc) is 2.65. The van der Waals surface area contributed by atoms with Gasteiger partial charge in [0.2, 0.25) is 5.91 Å². The molecule has 2 fully saturated rings. The van der Waals surface area contributed by atoms with Crippen molar-refractivity contribution in [1.82, 2.24) is 15.1 Å². The van der Waals surface area contributed by atoms with Crippen molar-refractivity contribution < 1.29 is 4.79 Å². The highest BCUT2D eigenvalue weighted by molar-refractivity contribution is 5.79. The minimum atomic E-state index is 0.252. The van der Waals surface area contributed by atoms with E-state index in [2.05, 4.69) is 29.2 Å². The molecule has 0 aromatic heterocycles. The lowest BCUT2D eigenvalue weighted by Gasteiger charge is -2.28. The Hall–Kier alpha value is -0.610. The van der Waals surface area contributed by atoms with E-state index >= 15 is 0 Å². The van der Waals surface area contributed by atoms with Crippen LogP contribution in [0.25, 0.3) is 0 Å². The van der Waals surface area contributed by atoms with E-state index in [1.54, 1.807) is 0 Å². The Labute approximate surface area is 98.0 Å². The fourth-order valence-electron chi connectivity index (χ4n) is 2.64. The van der Waals surface area contributed by atoms with Gasteiger partial charge in [0.1, 0.15) is 0 Å². The molecule has 1 N–H and O–H groups in total. The fourth-order valence-corrected chi connectivity index (χ4v) is 2.64. The first kappa shape index (κ1) is 11.9. The molecule has 16 heavy (non-hydrogen) atoms. The van der Waals surface area contributed by atoms with E-state index in [1.807, 2.05) is 0 Å². The van der Waals surface area contributed by atoms with Gasteiger partial charge >= 0.3 is 0 Å². The summed E-state index contributed by atoms with van der Waals surface area (Å²) in [5.41, 5.74) is 0. The van der Waals surface area contributed by atoms with Crippen molar-refractivity contribution >= 4 is 5.91 Å². The van der Waals surface area contributed by atoms with Gasteiger partial charge in [0, 0.05) is 18.5 Å². The molecule has 92 valence electrons. The monoisotopic (exact) mass is 225 g/mol. The van der Waals surface area contributed by atoms with Gasteiger partial charge in [-0.1, -0.05) is 0 Å². The smallest absolute Gasteiger partial charge is 0.223 e. The molecule has 2 aliphatic heterocycles. The maximum Gasteiger partial charge on any atom is 0.223 e. The average molecular weight is 225 g/mol. The molecule has 2 rings (SSSR count). The van der Waals surface area contributed by atoms with Crippen LogP contribution in [0, 0.1) is 5.92 Å². The van der Waals surface area contributed by atoms with Crippen molar-refractivity contribution in [3.05, 3.63) is 0 Å².